The summed E-state index contributed by atoms with van der Waals surface area (Å²) in [7, 11) is 0. The first-order valence-electron chi connectivity index (χ1n) is 7.71. The van der Waals surface area contributed by atoms with Gasteiger partial charge in [-0.2, -0.15) is 0 Å². The first-order valence-corrected chi connectivity index (χ1v) is 8.50. The van der Waals surface area contributed by atoms with Crippen LogP contribution >= 0.6 is 15.9 Å². The Morgan fingerprint density at radius 2 is 2.00 bits per heavy atom. The van der Waals surface area contributed by atoms with Crippen molar-refractivity contribution in [3.05, 3.63) is 69.7 Å². The minimum atomic E-state index is 0.0794. The second kappa shape index (κ2) is 5.85. The van der Waals surface area contributed by atoms with Crippen LogP contribution in [0.5, 0.6) is 5.75 Å². The Labute approximate surface area is 143 Å². The van der Waals surface area contributed by atoms with Gasteiger partial charge in [0.25, 0.3) is 5.91 Å². The van der Waals surface area contributed by atoms with Crippen LogP contribution in [0, 0.1) is 0 Å². The van der Waals surface area contributed by atoms with Gasteiger partial charge in [-0.15, -0.1) is 0 Å². The number of carbonyl (C=O) groups is 1. The monoisotopic (exact) mass is 369 g/mol. The molecule has 1 fully saturated rings. The van der Waals surface area contributed by atoms with Gasteiger partial charge in [-0.3, -0.25) is 4.79 Å². The van der Waals surface area contributed by atoms with E-state index in [2.05, 4.69) is 28.1 Å². The van der Waals surface area contributed by atoms with E-state index in [-0.39, 0.29) is 11.9 Å². The predicted molar refractivity (Wildman–Crippen MR) is 93.1 cm³/mol. The molecule has 0 radical (unpaired) electrons. The van der Waals surface area contributed by atoms with Gasteiger partial charge >= 0.3 is 0 Å². The summed E-state index contributed by atoms with van der Waals surface area (Å²) < 4.78 is 6.72. The van der Waals surface area contributed by atoms with E-state index in [0.717, 1.165) is 34.3 Å². The third-order valence-electron chi connectivity index (χ3n) is 4.42. The van der Waals surface area contributed by atoms with Gasteiger partial charge in [-0.05, 0) is 36.3 Å². The molecule has 2 aromatic rings. The number of fused-ring (bicyclic) bond motifs is 1. The molecule has 2 aromatic carbocycles. The number of rotatable bonds is 2. The van der Waals surface area contributed by atoms with Gasteiger partial charge in [0.15, 0.2) is 0 Å². The highest BCUT2D eigenvalue weighted by Gasteiger charge is 2.35. The van der Waals surface area contributed by atoms with Crippen LogP contribution in [0.15, 0.2) is 58.6 Å². The molecule has 23 heavy (non-hydrogen) atoms. The molecule has 4 heteroatoms. The average Bonchev–Trinajstić information content (AvgIpc) is 2.54. The summed E-state index contributed by atoms with van der Waals surface area (Å²) in [6.45, 7) is 1.15. The van der Waals surface area contributed by atoms with Crippen LogP contribution in [0.4, 0.5) is 0 Å². The maximum atomic E-state index is 12.8. The number of halogens is 1. The number of amides is 1. The molecule has 2 aliphatic rings. The summed E-state index contributed by atoms with van der Waals surface area (Å²) >= 11 is 3.46. The molecule has 0 unspecified atom stereocenters. The molecular formula is C19H16BrNO2. The molecule has 4 rings (SSSR count). The summed E-state index contributed by atoms with van der Waals surface area (Å²) in [6, 6.07) is 16.2. The zero-order chi connectivity index (χ0) is 15.8. The first-order chi connectivity index (χ1) is 11.2. The van der Waals surface area contributed by atoms with E-state index < -0.39 is 0 Å². The van der Waals surface area contributed by atoms with Crippen molar-refractivity contribution in [2.45, 2.75) is 12.5 Å². The maximum Gasteiger partial charge on any atom is 0.253 e. The summed E-state index contributed by atoms with van der Waals surface area (Å²) in [5, 5.41) is 0. The summed E-state index contributed by atoms with van der Waals surface area (Å²) in [6.07, 6.45) is 2.97. The predicted octanol–water partition coefficient (Wildman–Crippen LogP) is 4.20. The lowest BCUT2D eigenvalue weighted by Crippen LogP contribution is -2.46. The Kier molecular flexibility index (Phi) is 3.69. The van der Waals surface area contributed by atoms with E-state index in [9.17, 15) is 4.79 Å². The van der Waals surface area contributed by atoms with Gasteiger partial charge in [0.2, 0.25) is 0 Å². The highest BCUT2D eigenvalue weighted by molar-refractivity contribution is 9.10. The van der Waals surface area contributed by atoms with Crippen LogP contribution in [0.25, 0.3) is 6.08 Å². The van der Waals surface area contributed by atoms with E-state index in [4.69, 9.17) is 4.74 Å². The van der Waals surface area contributed by atoms with Crippen molar-refractivity contribution in [2.75, 3.05) is 13.2 Å². The van der Waals surface area contributed by atoms with Crippen LogP contribution in [0.3, 0.4) is 0 Å². The van der Waals surface area contributed by atoms with E-state index >= 15 is 0 Å². The minimum Gasteiger partial charge on any atom is -0.488 e. The van der Waals surface area contributed by atoms with Gasteiger partial charge < -0.3 is 9.64 Å². The third-order valence-corrected chi connectivity index (χ3v) is 4.92. The molecule has 2 heterocycles. The quantitative estimate of drug-likeness (QED) is 0.793. The average molecular weight is 370 g/mol. The molecule has 116 valence electrons. The van der Waals surface area contributed by atoms with Gasteiger partial charge in [-0.1, -0.05) is 46.3 Å². The highest BCUT2D eigenvalue weighted by Crippen LogP contribution is 2.36. The molecule has 1 atom stereocenters. The third kappa shape index (κ3) is 2.68. The fourth-order valence-electron chi connectivity index (χ4n) is 3.11. The number of benzene rings is 2. The van der Waals surface area contributed by atoms with Crippen molar-refractivity contribution in [3.63, 3.8) is 0 Å². The van der Waals surface area contributed by atoms with Crippen LogP contribution in [0.1, 0.15) is 23.6 Å². The van der Waals surface area contributed by atoms with Crippen LogP contribution in [-0.4, -0.2) is 24.0 Å². The topological polar surface area (TPSA) is 29.5 Å². The SMILES string of the molecule is O=C(C1=Cc2cc(Br)ccc2OC1)N1CC[C@@H]1c1ccccc1. The molecule has 0 aromatic heterocycles. The Morgan fingerprint density at radius 3 is 2.74 bits per heavy atom. The number of nitrogens with zero attached hydrogens (tertiary/aromatic N) is 1. The van der Waals surface area contributed by atoms with Crippen LogP contribution in [0.2, 0.25) is 0 Å². The summed E-state index contributed by atoms with van der Waals surface area (Å²) in [5.41, 5.74) is 2.87. The van der Waals surface area contributed by atoms with Gasteiger partial charge in [-0.25, -0.2) is 0 Å². The standard InChI is InChI=1S/C19H16BrNO2/c20-16-6-7-18-14(11-16)10-15(12-23-18)19(22)21-9-8-17(21)13-4-2-1-3-5-13/h1-7,10-11,17H,8-9,12H2/t17-/m1/s1. The molecule has 0 N–H and O–H groups in total. The number of carbonyl (C=O) groups excluding carboxylic acids is 1. The van der Waals surface area contributed by atoms with Crippen molar-refractivity contribution in [3.8, 4) is 5.75 Å². The number of likely N-dealkylation sites (tertiary alicyclic amines) is 1. The molecule has 3 nitrogen and oxygen atoms in total. The van der Waals surface area contributed by atoms with Crippen molar-refractivity contribution < 1.29 is 9.53 Å². The molecule has 1 amide bonds. The zero-order valence-electron chi connectivity index (χ0n) is 12.5. The molecule has 0 saturated carbocycles. The van der Waals surface area contributed by atoms with Crippen molar-refractivity contribution in [1.82, 2.24) is 4.90 Å². The molecule has 0 spiro atoms. The van der Waals surface area contributed by atoms with Crippen LogP contribution < -0.4 is 4.74 Å². The van der Waals surface area contributed by atoms with Gasteiger partial charge in [0.05, 0.1) is 11.6 Å². The molecule has 1 saturated heterocycles. The first kappa shape index (κ1) is 14.5. The van der Waals surface area contributed by atoms with E-state index in [1.54, 1.807) is 0 Å². The molecule has 0 aliphatic carbocycles. The minimum absolute atomic E-state index is 0.0794. The largest absolute Gasteiger partial charge is 0.488 e. The van der Waals surface area contributed by atoms with Crippen molar-refractivity contribution in [1.29, 1.82) is 0 Å². The smallest absolute Gasteiger partial charge is 0.253 e. The van der Waals surface area contributed by atoms with E-state index in [1.165, 1.54) is 5.56 Å². The lowest BCUT2D eigenvalue weighted by molar-refractivity contribution is -0.135. The Morgan fingerprint density at radius 1 is 1.17 bits per heavy atom. The van der Waals surface area contributed by atoms with E-state index in [0.29, 0.717) is 6.61 Å². The molecular weight excluding hydrogens is 354 g/mol. The highest BCUT2D eigenvalue weighted by atomic mass is 79.9. The Bertz CT molecular complexity index is 785. The lowest BCUT2D eigenvalue weighted by Gasteiger charge is -2.42. The number of ether oxygens (including phenoxy) is 1. The fourth-order valence-corrected chi connectivity index (χ4v) is 3.49. The Hall–Kier alpha value is -2.07. The molecule has 2 aliphatic heterocycles. The Balaban J connectivity index is 1.58. The van der Waals surface area contributed by atoms with Crippen molar-refractivity contribution >= 4 is 27.9 Å². The lowest BCUT2D eigenvalue weighted by atomic mass is 9.93. The number of hydrogen-bond acceptors (Lipinski definition) is 2. The van der Waals surface area contributed by atoms with Gasteiger partial charge in [0, 0.05) is 16.6 Å². The van der Waals surface area contributed by atoms with Crippen LogP contribution in [-0.2, 0) is 4.79 Å². The number of hydrogen-bond donors (Lipinski definition) is 0. The molecule has 0 bridgehead atoms. The summed E-state index contributed by atoms with van der Waals surface area (Å²) in [5.74, 6) is 0.906. The fraction of sp³-hybridized carbons (Fsp3) is 0.211. The van der Waals surface area contributed by atoms with Gasteiger partial charge in [0.1, 0.15) is 12.4 Å². The summed E-state index contributed by atoms with van der Waals surface area (Å²) in [4.78, 5) is 14.8. The van der Waals surface area contributed by atoms with Crippen molar-refractivity contribution in [2.24, 2.45) is 0 Å². The zero-order valence-corrected chi connectivity index (χ0v) is 14.1. The van der Waals surface area contributed by atoms with E-state index in [1.807, 2.05) is 47.4 Å². The second-order valence-corrected chi connectivity index (χ2v) is 6.77. The normalized spacial score (nSPS) is 19.3. The maximum absolute atomic E-state index is 12.8. The second-order valence-electron chi connectivity index (χ2n) is 5.85.